The van der Waals surface area contributed by atoms with E-state index in [0.29, 0.717) is 5.69 Å². The van der Waals surface area contributed by atoms with Crippen molar-refractivity contribution in [1.82, 2.24) is 9.71 Å². The first kappa shape index (κ1) is 15.7. The first-order valence-electron chi connectivity index (χ1n) is 7.05. The number of hydrogen-bond acceptors (Lipinski definition) is 3. The summed E-state index contributed by atoms with van der Waals surface area (Å²) in [5.74, 6) is 0. The largest absolute Gasteiger partial charge is 0.260 e. The van der Waals surface area contributed by atoms with Crippen LogP contribution in [0.3, 0.4) is 0 Å². The molecule has 0 aliphatic heterocycles. The van der Waals surface area contributed by atoms with Crippen molar-refractivity contribution < 1.29 is 8.42 Å². The van der Waals surface area contributed by atoms with Crippen LogP contribution in [0.5, 0.6) is 0 Å². The van der Waals surface area contributed by atoms with Gasteiger partial charge < -0.3 is 0 Å². The predicted molar refractivity (Wildman–Crippen MR) is 83.4 cm³/mol. The van der Waals surface area contributed by atoms with E-state index in [1.165, 1.54) is 0 Å². The number of benzene rings is 1. The lowest BCUT2D eigenvalue weighted by Crippen LogP contribution is -2.27. The molecular weight excluding hydrogens is 284 g/mol. The van der Waals surface area contributed by atoms with E-state index in [2.05, 4.69) is 16.6 Å². The monoisotopic (exact) mass is 304 g/mol. The van der Waals surface area contributed by atoms with E-state index < -0.39 is 10.0 Å². The summed E-state index contributed by atoms with van der Waals surface area (Å²) in [4.78, 5) is 4.45. The van der Waals surface area contributed by atoms with E-state index in [1.54, 1.807) is 37.4 Å². The Hall–Kier alpha value is -1.72. The fraction of sp³-hybridized carbons (Fsp3) is 0.312. The number of hydrogen-bond donors (Lipinski definition) is 1. The van der Waals surface area contributed by atoms with Gasteiger partial charge in [-0.3, -0.25) is 4.98 Å². The van der Waals surface area contributed by atoms with Crippen molar-refractivity contribution in [3.05, 3.63) is 59.9 Å². The van der Waals surface area contributed by atoms with Crippen LogP contribution in [0.1, 0.15) is 37.6 Å². The lowest BCUT2D eigenvalue weighted by molar-refractivity contribution is 0.564. The molecule has 21 heavy (non-hydrogen) atoms. The van der Waals surface area contributed by atoms with Crippen LogP contribution in [0.4, 0.5) is 0 Å². The summed E-state index contributed by atoms with van der Waals surface area (Å²) >= 11 is 0. The topological polar surface area (TPSA) is 59.1 Å². The Morgan fingerprint density at radius 3 is 2.43 bits per heavy atom. The van der Waals surface area contributed by atoms with Gasteiger partial charge in [0.25, 0.3) is 0 Å². The Morgan fingerprint density at radius 2 is 1.86 bits per heavy atom. The van der Waals surface area contributed by atoms with Gasteiger partial charge in [-0.25, -0.2) is 13.1 Å². The molecule has 112 valence electrons. The Labute approximate surface area is 126 Å². The van der Waals surface area contributed by atoms with Crippen LogP contribution in [0.2, 0.25) is 0 Å². The number of nitrogens with one attached hydrogen (secondary N) is 1. The molecule has 1 N–H and O–H groups in total. The average Bonchev–Trinajstić information content (AvgIpc) is 2.48. The molecule has 1 aromatic heterocycles. The molecule has 1 unspecified atom stereocenters. The van der Waals surface area contributed by atoms with Crippen LogP contribution in [-0.2, 0) is 16.4 Å². The van der Waals surface area contributed by atoms with E-state index in [-0.39, 0.29) is 10.9 Å². The van der Waals surface area contributed by atoms with Crippen molar-refractivity contribution in [3.63, 3.8) is 0 Å². The van der Waals surface area contributed by atoms with Gasteiger partial charge in [-0.15, -0.1) is 0 Å². The highest BCUT2D eigenvalue weighted by Gasteiger charge is 2.18. The lowest BCUT2D eigenvalue weighted by atomic mass is 10.1. The van der Waals surface area contributed by atoms with Gasteiger partial charge in [0.05, 0.1) is 16.6 Å². The minimum atomic E-state index is -3.53. The molecule has 0 bridgehead atoms. The van der Waals surface area contributed by atoms with Crippen molar-refractivity contribution in [2.45, 2.75) is 37.6 Å². The van der Waals surface area contributed by atoms with Gasteiger partial charge in [0.15, 0.2) is 0 Å². The number of sulfonamides is 1. The molecule has 0 spiro atoms. The third-order valence-corrected chi connectivity index (χ3v) is 4.79. The number of nitrogens with zero attached hydrogens (tertiary/aromatic N) is 1. The molecule has 0 saturated heterocycles. The molecule has 0 saturated carbocycles. The molecule has 0 fully saturated rings. The zero-order valence-electron chi connectivity index (χ0n) is 12.3. The van der Waals surface area contributed by atoms with E-state index in [9.17, 15) is 8.42 Å². The van der Waals surface area contributed by atoms with Crippen molar-refractivity contribution in [3.8, 4) is 0 Å². The Balaban J connectivity index is 2.14. The summed E-state index contributed by atoms with van der Waals surface area (Å²) < 4.78 is 27.3. The van der Waals surface area contributed by atoms with Crippen molar-refractivity contribution in [1.29, 1.82) is 0 Å². The quantitative estimate of drug-likeness (QED) is 0.892. The number of aryl methyl sites for hydroxylation is 1. The highest BCUT2D eigenvalue weighted by Crippen LogP contribution is 2.16. The first-order chi connectivity index (χ1) is 10.0. The fourth-order valence-electron chi connectivity index (χ4n) is 2.12. The molecule has 0 amide bonds. The SMILES string of the molecule is CCCc1ccc(S(=O)(=O)NC(C)c2ccccn2)cc1. The number of aromatic nitrogens is 1. The second kappa shape index (κ2) is 6.83. The summed E-state index contributed by atoms with van der Waals surface area (Å²) in [5, 5.41) is 0. The highest BCUT2D eigenvalue weighted by molar-refractivity contribution is 7.89. The van der Waals surface area contributed by atoms with Gasteiger partial charge >= 0.3 is 0 Å². The van der Waals surface area contributed by atoms with Gasteiger partial charge in [-0.1, -0.05) is 31.5 Å². The zero-order chi connectivity index (χ0) is 15.3. The summed E-state index contributed by atoms with van der Waals surface area (Å²) in [6, 6.07) is 12.1. The van der Waals surface area contributed by atoms with Crippen LogP contribution in [0.25, 0.3) is 0 Å². The van der Waals surface area contributed by atoms with Gasteiger partial charge in [0.2, 0.25) is 10.0 Å². The average molecular weight is 304 g/mol. The second-order valence-corrected chi connectivity index (χ2v) is 6.71. The van der Waals surface area contributed by atoms with Gasteiger partial charge in [0.1, 0.15) is 0 Å². The predicted octanol–water partition coefficient (Wildman–Crippen LogP) is 3.07. The lowest BCUT2D eigenvalue weighted by Gasteiger charge is -2.14. The number of rotatable bonds is 6. The molecule has 4 nitrogen and oxygen atoms in total. The number of pyridine rings is 1. The van der Waals surface area contributed by atoms with Crippen LogP contribution >= 0.6 is 0 Å². The first-order valence-corrected chi connectivity index (χ1v) is 8.53. The summed E-state index contributed by atoms with van der Waals surface area (Å²) in [6.45, 7) is 3.88. The maximum atomic E-state index is 12.3. The van der Waals surface area contributed by atoms with Crippen LogP contribution in [0.15, 0.2) is 53.6 Å². The smallest absolute Gasteiger partial charge is 0.241 e. The summed E-state index contributed by atoms with van der Waals surface area (Å²) in [7, 11) is -3.53. The Morgan fingerprint density at radius 1 is 1.14 bits per heavy atom. The maximum absolute atomic E-state index is 12.3. The van der Waals surface area contributed by atoms with Crippen molar-refractivity contribution in [2.24, 2.45) is 0 Å². The highest BCUT2D eigenvalue weighted by atomic mass is 32.2. The molecule has 5 heteroatoms. The standard InChI is InChI=1S/C16H20N2O2S/c1-3-6-14-8-10-15(11-9-14)21(19,20)18-13(2)16-7-4-5-12-17-16/h4-5,7-13,18H,3,6H2,1-2H3. The van der Waals surface area contributed by atoms with Crippen LogP contribution in [0, 0.1) is 0 Å². The van der Waals surface area contributed by atoms with Gasteiger partial charge in [-0.2, -0.15) is 0 Å². The van der Waals surface area contributed by atoms with E-state index in [0.717, 1.165) is 18.4 Å². The molecule has 1 aromatic carbocycles. The Bertz CT molecular complexity index is 667. The van der Waals surface area contributed by atoms with E-state index >= 15 is 0 Å². The summed E-state index contributed by atoms with van der Waals surface area (Å²) in [6.07, 6.45) is 3.65. The molecule has 1 atom stereocenters. The molecule has 1 heterocycles. The molecular formula is C16H20N2O2S. The van der Waals surface area contributed by atoms with E-state index in [4.69, 9.17) is 0 Å². The van der Waals surface area contributed by atoms with Gasteiger partial charge in [-0.05, 0) is 43.2 Å². The normalized spacial score (nSPS) is 13.0. The molecule has 2 aromatic rings. The minimum absolute atomic E-state index is 0.283. The molecule has 0 aliphatic carbocycles. The third kappa shape index (κ3) is 4.12. The van der Waals surface area contributed by atoms with Crippen LogP contribution < -0.4 is 4.72 Å². The molecule has 0 radical (unpaired) electrons. The minimum Gasteiger partial charge on any atom is -0.260 e. The van der Waals surface area contributed by atoms with Crippen LogP contribution in [-0.4, -0.2) is 13.4 Å². The summed E-state index contributed by atoms with van der Waals surface area (Å²) in [5.41, 5.74) is 1.85. The fourth-order valence-corrected chi connectivity index (χ4v) is 3.33. The second-order valence-electron chi connectivity index (χ2n) is 4.99. The third-order valence-electron chi connectivity index (χ3n) is 3.24. The molecule has 0 aliphatic rings. The van der Waals surface area contributed by atoms with Gasteiger partial charge in [0, 0.05) is 6.20 Å². The zero-order valence-corrected chi connectivity index (χ0v) is 13.1. The maximum Gasteiger partial charge on any atom is 0.241 e. The van der Waals surface area contributed by atoms with Crippen molar-refractivity contribution >= 4 is 10.0 Å². The molecule has 2 rings (SSSR count). The van der Waals surface area contributed by atoms with Crippen molar-refractivity contribution in [2.75, 3.05) is 0 Å². The Kier molecular flexibility index (Phi) is 5.09. The van der Waals surface area contributed by atoms with E-state index in [1.807, 2.05) is 18.2 Å².